The lowest BCUT2D eigenvalue weighted by Crippen LogP contribution is -2.19. The molecule has 25 heavy (non-hydrogen) atoms. The molecule has 1 aliphatic rings. The number of anilines is 1. The number of fused-ring (bicyclic) bond motifs is 1. The van der Waals surface area contributed by atoms with Gasteiger partial charge in [0.25, 0.3) is 5.91 Å². The molecular formula is C18H13N5OS. The van der Waals surface area contributed by atoms with Crippen LogP contribution in [0.5, 0.6) is 0 Å². The summed E-state index contributed by atoms with van der Waals surface area (Å²) in [5, 5.41) is 4.68. The van der Waals surface area contributed by atoms with Crippen LogP contribution in [0, 0.1) is 0 Å². The van der Waals surface area contributed by atoms with Gasteiger partial charge in [-0.1, -0.05) is 18.2 Å². The number of nitrogens with one attached hydrogen (secondary N) is 1. The maximum atomic E-state index is 12.2. The van der Waals surface area contributed by atoms with Gasteiger partial charge in [0.1, 0.15) is 10.7 Å². The lowest BCUT2D eigenvalue weighted by molar-refractivity contribution is 0.102. The molecule has 3 heterocycles. The van der Waals surface area contributed by atoms with Crippen LogP contribution in [-0.4, -0.2) is 27.1 Å². The highest BCUT2D eigenvalue weighted by atomic mass is 32.1. The van der Waals surface area contributed by atoms with E-state index in [1.807, 2.05) is 36.7 Å². The highest BCUT2D eigenvalue weighted by Crippen LogP contribution is 2.22. The van der Waals surface area contributed by atoms with E-state index in [-0.39, 0.29) is 11.6 Å². The molecule has 0 unspecified atom stereocenters. The third-order valence-electron chi connectivity index (χ3n) is 3.56. The van der Waals surface area contributed by atoms with Gasteiger partial charge in [-0.3, -0.25) is 14.8 Å². The second-order valence-corrected chi connectivity index (χ2v) is 6.33. The molecule has 1 aliphatic heterocycles. The number of carbonyl (C=O) groups excluding carboxylic acids is 1. The number of hydrogen-bond donors (Lipinski definition) is 1. The minimum atomic E-state index is -0.295. The minimum absolute atomic E-state index is 0.274. The van der Waals surface area contributed by atoms with Crippen molar-refractivity contribution in [2.24, 2.45) is 4.99 Å². The topological polar surface area (TPSA) is 80.1 Å². The van der Waals surface area contributed by atoms with E-state index < -0.39 is 0 Å². The number of rotatable bonds is 3. The van der Waals surface area contributed by atoms with Gasteiger partial charge in [-0.2, -0.15) is 0 Å². The number of aliphatic imine (C=N–C) groups is 1. The van der Waals surface area contributed by atoms with E-state index in [2.05, 4.69) is 31.3 Å². The molecule has 0 saturated carbocycles. The van der Waals surface area contributed by atoms with Gasteiger partial charge >= 0.3 is 0 Å². The predicted octanol–water partition coefficient (Wildman–Crippen LogP) is 1.85. The third kappa shape index (κ3) is 3.36. The van der Waals surface area contributed by atoms with Crippen molar-refractivity contribution >= 4 is 41.4 Å². The Balaban J connectivity index is 1.63. The van der Waals surface area contributed by atoms with E-state index in [9.17, 15) is 4.79 Å². The summed E-state index contributed by atoms with van der Waals surface area (Å²) in [6.07, 6.45) is 11.0. The Labute approximate surface area is 147 Å². The van der Waals surface area contributed by atoms with Crippen molar-refractivity contribution in [2.75, 3.05) is 5.32 Å². The van der Waals surface area contributed by atoms with Gasteiger partial charge in [-0.05, 0) is 12.1 Å². The summed E-state index contributed by atoms with van der Waals surface area (Å²) in [6, 6.07) is 7.59. The molecule has 4 rings (SSSR count). The highest BCUT2D eigenvalue weighted by Gasteiger charge is 2.09. The Hall–Kier alpha value is -3.19. The van der Waals surface area contributed by atoms with Crippen molar-refractivity contribution in [2.45, 2.75) is 6.42 Å². The van der Waals surface area contributed by atoms with Crippen LogP contribution in [-0.2, 0) is 0 Å². The number of hydrogen-bond acceptors (Lipinski definition) is 6. The van der Waals surface area contributed by atoms with Crippen LogP contribution >= 0.6 is 11.3 Å². The monoisotopic (exact) mass is 347 g/mol. The van der Waals surface area contributed by atoms with E-state index in [0.29, 0.717) is 5.69 Å². The average Bonchev–Trinajstić information content (AvgIpc) is 2.93. The smallest absolute Gasteiger partial charge is 0.275 e. The quantitative estimate of drug-likeness (QED) is 0.784. The molecule has 1 amide bonds. The molecular weight excluding hydrogens is 334 g/mol. The zero-order chi connectivity index (χ0) is 17.1. The minimum Gasteiger partial charge on any atom is -0.321 e. The van der Waals surface area contributed by atoms with Crippen molar-refractivity contribution in [3.8, 4) is 10.6 Å². The second-order valence-electron chi connectivity index (χ2n) is 5.29. The fourth-order valence-electron chi connectivity index (χ4n) is 2.39. The Bertz CT molecular complexity index is 1070. The first-order valence-corrected chi connectivity index (χ1v) is 8.48. The van der Waals surface area contributed by atoms with Crippen LogP contribution in [0.2, 0.25) is 0 Å². The predicted molar refractivity (Wildman–Crippen MR) is 98.8 cm³/mol. The van der Waals surface area contributed by atoms with Crippen molar-refractivity contribution in [3.05, 3.63) is 58.4 Å². The molecule has 0 atom stereocenters. The van der Waals surface area contributed by atoms with E-state index in [1.54, 1.807) is 11.3 Å². The number of thiazole rings is 1. The van der Waals surface area contributed by atoms with Crippen molar-refractivity contribution < 1.29 is 4.79 Å². The molecule has 1 aromatic carbocycles. The molecule has 2 aromatic heterocycles. The van der Waals surface area contributed by atoms with Gasteiger partial charge in [0, 0.05) is 42.5 Å². The van der Waals surface area contributed by atoms with Crippen molar-refractivity contribution in [1.82, 2.24) is 15.0 Å². The van der Waals surface area contributed by atoms with Crippen LogP contribution in [0.15, 0.2) is 47.8 Å². The first-order chi connectivity index (χ1) is 12.3. The molecule has 0 bridgehead atoms. The molecule has 1 N–H and O–H groups in total. The fraction of sp³-hybridized carbons (Fsp3) is 0.0556. The summed E-state index contributed by atoms with van der Waals surface area (Å²) < 4.78 is 1.04. The SMILES string of the molecule is O=C(Nc1cccc(-c2nc3c(s2)=CN=CCC=3)c1)c1cnccn1. The zero-order valence-corrected chi connectivity index (χ0v) is 13.9. The maximum absolute atomic E-state index is 12.2. The van der Waals surface area contributed by atoms with E-state index in [1.165, 1.54) is 18.6 Å². The molecule has 3 aromatic rings. The van der Waals surface area contributed by atoms with E-state index in [4.69, 9.17) is 0 Å². The maximum Gasteiger partial charge on any atom is 0.275 e. The van der Waals surface area contributed by atoms with Gasteiger partial charge in [0.05, 0.1) is 16.1 Å². The molecule has 122 valence electrons. The van der Waals surface area contributed by atoms with Gasteiger partial charge in [0.15, 0.2) is 0 Å². The summed E-state index contributed by atoms with van der Waals surface area (Å²) in [5.74, 6) is -0.295. The zero-order valence-electron chi connectivity index (χ0n) is 13.1. The molecule has 0 aliphatic carbocycles. The van der Waals surface area contributed by atoms with Gasteiger partial charge in [-0.15, -0.1) is 11.3 Å². The van der Waals surface area contributed by atoms with Crippen LogP contribution in [0.3, 0.4) is 0 Å². The molecule has 0 spiro atoms. The Kier molecular flexibility index (Phi) is 4.14. The van der Waals surface area contributed by atoms with Crippen molar-refractivity contribution in [3.63, 3.8) is 0 Å². The van der Waals surface area contributed by atoms with Gasteiger partial charge < -0.3 is 5.32 Å². The highest BCUT2D eigenvalue weighted by molar-refractivity contribution is 7.13. The van der Waals surface area contributed by atoms with E-state index in [0.717, 1.165) is 26.9 Å². The number of benzene rings is 1. The number of amides is 1. The van der Waals surface area contributed by atoms with Crippen LogP contribution < -0.4 is 15.2 Å². The number of carbonyl (C=O) groups is 1. The summed E-state index contributed by atoms with van der Waals surface area (Å²) in [7, 11) is 0. The normalized spacial score (nSPS) is 12.5. The summed E-state index contributed by atoms with van der Waals surface area (Å²) in [4.78, 5) is 29.0. The summed E-state index contributed by atoms with van der Waals surface area (Å²) >= 11 is 1.58. The molecule has 7 heteroatoms. The third-order valence-corrected chi connectivity index (χ3v) is 4.61. The second kappa shape index (κ2) is 6.74. The van der Waals surface area contributed by atoms with Crippen LogP contribution in [0.4, 0.5) is 5.69 Å². The van der Waals surface area contributed by atoms with Crippen LogP contribution in [0.1, 0.15) is 16.9 Å². The lowest BCUT2D eigenvalue weighted by Gasteiger charge is -2.05. The molecule has 0 radical (unpaired) electrons. The number of nitrogens with zero attached hydrogens (tertiary/aromatic N) is 4. The first-order valence-electron chi connectivity index (χ1n) is 7.66. The standard InChI is InChI=1S/C18H13N5OS/c24-17(15-10-20-7-8-21-15)22-13-4-1-3-12(9-13)18-23-14-5-2-6-19-11-16(14)25-18/h1,3-11H,2H2,(H,22,24). The molecule has 0 fully saturated rings. The number of aromatic nitrogens is 3. The van der Waals surface area contributed by atoms with Crippen molar-refractivity contribution in [1.29, 1.82) is 0 Å². The largest absolute Gasteiger partial charge is 0.321 e. The Morgan fingerprint density at radius 2 is 2.20 bits per heavy atom. The Morgan fingerprint density at radius 1 is 1.24 bits per heavy atom. The van der Waals surface area contributed by atoms with Crippen LogP contribution in [0.25, 0.3) is 22.8 Å². The van der Waals surface area contributed by atoms with Gasteiger partial charge in [0.2, 0.25) is 0 Å². The fourth-order valence-corrected chi connectivity index (χ4v) is 3.34. The lowest BCUT2D eigenvalue weighted by atomic mass is 10.2. The summed E-state index contributed by atoms with van der Waals surface area (Å²) in [5.41, 5.74) is 1.90. The molecule has 0 saturated heterocycles. The molecule has 6 nitrogen and oxygen atoms in total. The van der Waals surface area contributed by atoms with Gasteiger partial charge in [-0.25, -0.2) is 9.97 Å². The Morgan fingerprint density at radius 3 is 3.08 bits per heavy atom. The first kappa shape index (κ1) is 15.3. The average molecular weight is 347 g/mol. The van der Waals surface area contributed by atoms with E-state index >= 15 is 0 Å². The summed E-state index contributed by atoms with van der Waals surface area (Å²) in [6.45, 7) is 0.